The van der Waals surface area contributed by atoms with E-state index in [9.17, 15) is 5.11 Å². The van der Waals surface area contributed by atoms with Gasteiger partial charge in [-0.3, -0.25) is 0 Å². The summed E-state index contributed by atoms with van der Waals surface area (Å²) in [5, 5.41) is 13.7. The lowest BCUT2D eigenvalue weighted by Crippen LogP contribution is -2.50. The Balaban J connectivity index is 0.00000169. The van der Waals surface area contributed by atoms with E-state index in [2.05, 4.69) is 41.7 Å². The predicted octanol–water partition coefficient (Wildman–Crippen LogP) is 4.76. The van der Waals surface area contributed by atoms with Crippen molar-refractivity contribution in [2.75, 3.05) is 6.54 Å². The fourth-order valence-electron chi connectivity index (χ4n) is 4.79. The summed E-state index contributed by atoms with van der Waals surface area (Å²) in [6, 6.07) is 18.8. The maximum absolute atomic E-state index is 9.87. The summed E-state index contributed by atoms with van der Waals surface area (Å²) < 4.78 is 0. The second kappa shape index (κ2) is 6.89. The Morgan fingerprint density at radius 3 is 2.58 bits per heavy atom. The number of fused-ring (bicyclic) bond motifs is 2. The van der Waals surface area contributed by atoms with Crippen molar-refractivity contribution >= 4 is 17.0 Å². The molecule has 2 unspecified atom stereocenters. The minimum Gasteiger partial charge on any atom is -0.508 e. The SMILES string of the molecule is Br.Oc1cccc(C23CCNC(CCc4ccccc4)(CC2)C3)c1. The van der Waals surface area contributed by atoms with Crippen LogP contribution in [-0.4, -0.2) is 17.2 Å². The average molecular weight is 388 g/mol. The second-order valence-electron chi connectivity index (χ2n) is 7.45. The Labute approximate surface area is 155 Å². The van der Waals surface area contributed by atoms with Crippen LogP contribution in [0.25, 0.3) is 0 Å². The molecule has 0 spiro atoms. The van der Waals surface area contributed by atoms with Gasteiger partial charge in [-0.25, -0.2) is 0 Å². The molecule has 2 aliphatic rings. The molecule has 3 heteroatoms. The summed E-state index contributed by atoms with van der Waals surface area (Å²) >= 11 is 0. The number of benzene rings is 2. The van der Waals surface area contributed by atoms with Crippen molar-refractivity contribution in [3.8, 4) is 5.75 Å². The van der Waals surface area contributed by atoms with Gasteiger partial charge in [0.15, 0.2) is 0 Å². The fourth-order valence-corrected chi connectivity index (χ4v) is 4.79. The van der Waals surface area contributed by atoms with Crippen LogP contribution < -0.4 is 5.32 Å². The van der Waals surface area contributed by atoms with E-state index in [4.69, 9.17) is 0 Å². The molecule has 1 saturated heterocycles. The Hall–Kier alpha value is -1.32. The fraction of sp³-hybridized carbons (Fsp3) is 0.429. The molecule has 1 heterocycles. The van der Waals surface area contributed by atoms with Gasteiger partial charge in [-0.15, -0.1) is 17.0 Å². The Kier molecular flexibility index (Phi) is 5.03. The van der Waals surface area contributed by atoms with Crippen LogP contribution in [0.4, 0.5) is 0 Å². The number of phenols is 1. The smallest absolute Gasteiger partial charge is 0.115 e. The zero-order chi connectivity index (χ0) is 15.8. The molecule has 24 heavy (non-hydrogen) atoms. The Bertz CT molecular complexity index is 689. The molecule has 1 aliphatic heterocycles. The molecule has 4 rings (SSSR count). The number of aromatic hydroxyl groups is 1. The minimum atomic E-state index is 0. The van der Waals surface area contributed by atoms with E-state index in [1.54, 1.807) is 6.07 Å². The molecule has 0 aromatic heterocycles. The normalized spacial score (nSPS) is 28.3. The number of phenolic OH excluding ortho intramolecular Hbond substituents is 1. The van der Waals surface area contributed by atoms with Gasteiger partial charge in [-0.1, -0.05) is 42.5 Å². The molecule has 2 aromatic rings. The van der Waals surface area contributed by atoms with E-state index in [0.29, 0.717) is 5.75 Å². The van der Waals surface area contributed by atoms with Gasteiger partial charge in [0.25, 0.3) is 0 Å². The first-order valence-corrected chi connectivity index (χ1v) is 8.78. The van der Waals surface area contributed by atoms with Crippen molar-refractivity contribution in [1.29, 1.82) is 0 Å². The van der Waals surface area contributed by atoms with Crippen molar-refractivity contribution < 1.29 is 5.11 Å². The van der Waals surface area contributed by atoms with Crippen molar-refractivity contribution in [3.63, 3.8) is 0 Å². The molecule has 1 aliphatic carbocycles. The molecule has 2 N–H and O–H groups in total. The van der Waals surface area contributed by atoms with Crippen LogP contribution in [0.3, 0.4) is 0 Å². The van der Waals surface area contributed by atoms with Crippen molar-refractivity contribution in [3.05, 3.63) is 65.7 Å². The van der Waals surface area contributed by atoms with Gasteiger partial charge in [-0.2, -0.15) is 0 Å². The van der Waals surface area contributed by atoms with Crippen molar-refractivity contribution in [1.82, 2.24) is 5.32 Å². The van der Waals surface area contributed by atoms with E-state index >= 15 is 0 Å². The predicted molar refractivity (Wildman–Crippen MR) is 104 cm³/mol. The number of hydrogen-bond donors (Lipinski definition) is 2. The summed E-state index contributed by atoms with van der Waals surface area (Å²) in [5.41, 5.74) is 3.31. The van der Waals surface area contributed by atoms with E-state index in [0.717, 1.165) is 13.0 Å². The third-order valence-corrected chi connectivity index (χ3v) is 6.06. The van der Waals surface area contributed by atoms with Crippen LogP contribution in [0.2, 0.25) is 0 Å². The van der Waals surface area contributed by atoms with Gasteiger partial charge in [0.2, 0.25) is 0 Å². The summed E-state index contributed by atoms with van der Waals surface area (Å²) in [6.07, 6.45) is 7.22. The van der Waals surface area contributed by atoms with Crippen molar-refractivity contribution in [2.24, 2.45) is 0 Å². The van der Waals surface area contributed by atoms with Gasteiger partial charge in [-0.05, 0) is 73.7 Å². The highest BCUT2D eigenvalue weighted by Gasteiger charge is 2.51. The first kappa shape index (κ1) is 17.5. The quantitative estimate of drug-likeness (QED) is 0.792. The number of halogens is 1. The minimum absolute atomic E-state index is 0. The highest BCUT2D eigenvalue weighted by Crippen LogP contribution is 2.52. The molecular weight excluding hydrogens is 362 g/mol. The first-order chi connectivity index (χ1) is 11.2. The van der Waals surface area contributed by atoms with Crippen LogP contribution in [0.1, 0.15) is 43.2 Å². The Morgan fingerprint density at radius 2 is 1.79 bits per heavy atom. The maximum Gasteiger partial charge on any atom is 0.115 e. The zero-order valence-electron chi connectivity index (χ0n) is 14.0. The van der Waals surface area contributed by atoms with Crippen LogP contribution in [0.5, 0.6) is 5.75 Å². The Morgan fingerprint density at radius 1 is 0.958 bits per heavy atom. The molecule has 2 fully saturated rings. The largest absolute Gasteiger partial charge is 0.508 e. The summed E-state index contributed by atoms with van der Waals surface area (Å²) in [7, 11) is 0. The molecule has 2 bridgehead atoms. The standard InChI is InChI=1S/C21H25NO.BrH/c23-19-8-4-7-18(15-19)20-11-12-21(16-20,22-14-13-20)10-9-17-5-2-1-3-6-17;/h1-8,15,22-23H,9-14,16H2;1H. The van der Waals surface area contributed by atoms with Gasteiger partial charge < -0.3 is 10.4 Å². The lowest BCUT2D eigenvalue weighted by atomic mass is 9.71. The summed E-state index contributed by atoms with van der Waals surface area (Å²) in [6.45, 7) is 1.09. The van der Waals surface area contributed by atoms with Crippen molar-refractivity contribution in [2.45, 2.75) is 49.5 Å². The third-order valence-electron chi connectivity index (χ3n) is 6.06. The van der Waals surface area contributed by atoms with Gasteiger partial charge in [0, 0.05) is 5.54 Å². The number of nitrogens with one attached hydrogen (secondary N) is 1. The monoisotopic (exact) mass is 387 g/mol. The van der Waals surface area contributed by atoms with Crippen LogP contribution in [0.15, 0.2) is 54.6 Å². The molecule has 2 atom stereocenters. The molecule has 128 valence electrons. The third kappa shape index (κ3) is 3.25. The lowest BCUT2D eigenvalue weighted by Gasteiger charge is -2.41. The van der Waals surface area contributed by atoms with Gasteiger partial charge in [0.1, 0.15) is 5.75 Å². The summed E-state index contributed by atoms with van der Waals surface area (Å²) in [5.74, 6) is 0.400. The number of aryl methyl sites for hydroxylation is 1. The molecule has 1 saturated carbocycles. The molecule has 2 nitrogen and oxygen atoms in total. The molecule has 2 aromatic carbocycles. The zero-order valence-corrected chi connectivity index (χ0v) is 15.7. The van der Waals surface area contributed by atoms with Crippen LogP contribution in [-0.2, 0) is 11.8 Å². The highest BCUT2D eigenvalue weighted by atomic mass is 79.9. The van der Waals surface area contributed by atoms with Crippen LogP contribution >= 0.6 is 17.0 Å². The second-order valence-corrected chi connectivity index (χ2v) is 7.45. The summed E-state index contributed by atoms with van der Waals surface area (Å²) in [4.78, 5) is 0. The molecule has 0 radical (unpaired) electrons. The first-order valence-electron chi connectivity index (χ1n) is 8.78. The molecule has 0 amide bonds. The van der Waals surface area contributed by atoms with E-state index in [-0.39, 0.29) is 27.9 Å². The maximum atomic E-state index is 9.87. The van der Waals surface area contributed by atoms with Gasteiger partial charge in [0.05, 0.1) is 0 Å². The van der Waals surface area contributed by atoms with E-state index in [1.165, 1.54) is 43.2 Å². The van der Waals surface area contributed by atoms with E-state index in [1.807, 2.05) is 12.1 Å². The van der Waals surface area contributed by atoms with E-state index < -0.39 is 0 Å². The number of rotatable bonds is 4. The highest BCUT2D eigenvalue weighted by molar-refractivity contribution is 8.93. The average Bonchev–Trinajstić information content (AvgIpc) is 2.86. The number of hydrogen-bond acceptors (Lipinski definition) is 2. The number of piperidine rings is 1. The lowest BCUT2D eigenvalue weighted by molar-refractivity contribution is 0.229. The van der Waals surface area contributed by atoms with Gasteiger partial charge >= 0.3 is 0 Å². The van der Waals surface area contributed by atoms with Crippen LogP contribution in [0, 0.1) is 0 Å². The molecular formula is C21H26BrNO. The topological polar surface area (TPSA) is 32.3 Å².